The summed E-state index contributed by atoms with van der Waals surface area (Å²) < 4.78 is 7.34. The second-order valence-electron chi connectivity index (χ2n) is 6.09. The number of halogens is 2. The lowest BCUT2D eigenvalue weighted by molar-refractivity contribution is 0.145. The molecule has 1 heterocycles. The molecule has 2 rings (SSSR count). The summed E-state index contributed by atoms with van der Waals surface area (Å²) in [6.45, 7) is 7.49. The first-order valence-corrected chi connectivity index (χ1v) is 10.8. The van der Waals surface area contributed by atoms with E-state index in [1.54, 1.807) is 11.8 Å². The monoisotopic (exact) mass is 552 g/mol. The van der Waals surface area contributed by atoms with Gasteiger partial charge in [0.05, 0.1) is 0 Å². The third-order valence-corrected chi connectivity index (χ3v) is 5.27. The van der Waals surface area contributed by atoms with Gasteiger partial charge in [-0.05, 0) is 44.5 Å². The Morgan fingerprint density at radius 2 is 1.93 bits per heavy atom. The summed E-state index contributed by atoms with van der Waals surface area (Å²) in [7, 11) is 1.95. The SMILES string of the molecule is CCOCCCNC(=NCc1nnc(C)n1C)NCCSc1ccc(Cl)cc1.I. The summed E-state index contributed by atoms with van der Waals surface area (Å²) in [6.07, 6.45) is 0.928. The van der Waals surface area contributed by atoms with Crippen LogP contribution < -0.4 is 10.6 Å². The fourth-order valence-corrected chi connectivity index (χ4v) is 3.20. The van der Waals surface area contributed by atoms with Crippen LogP contribution in [0.3, 0.4) is 0 Å². The van der Waals surface area contributed by atoms with Gasteiger partial charge in [0, 0.05) is 49.0 Å². The second kappa shape index (κ2) is 14.9. The minimum Gasteiger partial charge on any atom is -0.382 e. The largest absolute Gasteiger partial charge is 0.382 e. The molecule has 0 saturated carbocycles. The Kier molecular flexibility index (Phi) is 13.3. The predicted octanol–water partition coefficient (Wildman–Crippen LogP) is 3.65. The number of rotatable bonds is 11. The van der Waals surface area contributed by atoms with Crippen molar-refractivity contribution in [3.8, 4) is 0 Å². The molecule has 2 aromatic rings. The van der Waals surface area contributed by atoms with Crippen LogP contribution in [0.5, 0.6) is 0 Å². The summed E-state index contributed by atoms with van der Waals surface area (Å²) in [6, 6.07) is 7.88. The summed E-state index contributed by atoms with van der Waals surface area (Å²) in [5.74, 6) is 3.41. The standard InChI is InChI=1S/C19H29ClN6OS.HI/c1-4-27-12-5-10-21-19(23-14-18-25-24-15(2)26(18)3)22-11-13-28-17-8-6-16(20)7-9-17;/h6-9H,4-5,10-14H2,1-3H3,(H2,21,22,23);1H. The molecule has 1 aromatic heterocycles. The highest BCUT2D eigenvalue weighted by molar-refractivity contribution is 14.0. The van der Waals surface area contributed by atoms with Crippen molar-refractivity contribution in [2.75, 3.05) is 32.1 Å². The third-order valence-electron chi connectivity index (χ3n) is 4.00. The van der Waals surface area contributed by atoms with Gasteiger partial charge >= 0.3 is 0 Å². The highest BCUT2D eigenvalue weighted by Gasteiger charge is 2.05. The van der Waals surface area contributed by atoms with E-state index in [0.717, 1.165) is 61.1 Å². The molecule has 0 saturated heterocycles. The lowest BCUT2D eigenvalue weighted by Crippen LogP contribution is -2.39. The maximum absolute atomic E-state index is 5.93. The number of nitrogens with zero attached hydrogens (tertiary/aromatic N) is 4. The van der Waals surface area contributed by atoms with Gasteiger partial charge in [0.2, 0.25) is 0 Å². The van der Waals surface area contributed by atoms with E-state index in [4.69, 9.17) is 16.3 Å². The summed E-state index contributed by atoms with van der Waals surface area (Å²) in [4.78, 5) is 5.84. The minimum atomic E-state index is 0. The molecular formula is C19H30ClIN6OS. The molecule has 0 bridgehead atoms. The Hall–Kier alpha value is -1.04. The highest BCUT2D eigenvalue weighted by atomic mass is 127. The Morgan fingerprint density at radius 3 is 2.59 bits per heavy atom. The third kappa shape index (κ3) is 10.0. The molecule has 162 valence electrons. The lowest BCUT2D eigenvalue weighted by Gasteiger charge is -2.12. The molecule has 0 aliphatic heterocycles. The molecule has 7 nitrogen and oxygen atoms in total. The van der Waals surface area contributed by atoms with Crippen LogP contribution in [0.25, 0.3) is 0 Å². The quantitative estimate of drug-likeness (QED) is 0.146. The van der Waals surface area contributed by atoms with Gasteiger partial charge in [0.15, 0.2) is 11.8 Å². The van der Waals surface area contributed by atoms with Crippen molar-refractivity contribution < 1.29 is 4.74 Å². The van der Waals surface area contributed by atoms with Crippen molar-refractivity contribution in [1.82, 2.24) is 25.4 Å². The maximum Gasteiger partial charge on any atom is 0.191 e. The molecule has 0 amide bonds. The molecule has 0 unspecified atom stereocenters. The average molecular weight is 553 g/mol. The van der Waals surface area contributed by atoms with Crippen molar-refractivity contribution in [2.45, 2.75) is 31.7 Å². The summed E-state index contributed by atoms with van der Waals surface area (Å²) in [5, 5.41) is 15.7. The number of thioether (sulfide) groups is 1. The van der Waals surface area contributed by atoms with E-state index in [2.05, 4.69) is 25.8 Å². The Labute approximate surface area is 199 Å². The van der Waals surface area contributed by atoms with Crippen LogP contribution in [-0.2, 0) is 18.3 Å². The maximum atomic E-state index is 5.93. The van der Waals surface area contributed by atoms with Crippen LogP contribution in [0.4, 0.5) is 0 Å². The molecule has 29 heavy (non-hydrogen) atoms. The zero-order valence-corrected chi connectivity index (χ0v) is 21.1. The first-order valence-electron chi connectivity index (χ1n) is 9.43. The lowest BCUT2D eigenvalue weighted by atomic mass is 10.4. The van der Waals surface area contributed by atoms with Gasteiger partial charge in [-0.2, -0.15) is 0 Å². The number of ether oxygens (including phenoxy) is 1. The first-order chi connectivity index (χ1) is 13.6. The molecule has 10 heteroatoms. The van der Waals surface area contributed by atoms with Gasteiger partial charge in [-0.15, -0.1) is 45.9 Å². The van der Waals surface area contributed by atoms with Crippen molar-refractivity contribution in [1.29, 1.82) is 0 Å². The molecule has 2 N–H and O–H groups in total. The van der Waals surface area contributed by atoms with E-state index in [1.807, 2.05) is 49.7 Å². The molecule has 0 aliphatic carbocycles. The van der Waals surface area contributed by atoms with Crippen LogP contribution >= 0.6 is 47.3 Å². The van der Waals surface area contributed by atoms with Crippen LogP contribution in [0.15, 0.2) is 34.2 Å². The van der Waals surface area contributed by atoms with Crippen molar-refractivity contribution in [3.05, 3.63) is 40.9 Å². The average Bonchev–Trinajstić information content (AvgIpc) is 3.02. The van der Waals surface area contributed by atoms with Crippen LogP contribution in [0.1, 0.15) is 25.0 Å². The highest BCUT2D eigenvalue weighted by Crippen LogP contribution is 2.19. The van der Waals surface area contributed by atoms with E-state index in [9.17, 15) is 0 Å². The van der Waals surface area contributed by atoms with Gasteiger partial charge in [-0.25, -0.2) is 4.99 Å². The van der Waals surface area contributed by atoms with Crippen molar-refractivity contribution >= 4 is 53.3 Å². The van der Waals surface area contributed by atoms with Gasteiger partial charge in [-0.1, -0.05) is 11.6 Å². The molecule has 0 radical (unpaired) electrons. The number of guanidine groups is 1. The molecule has 1 aromatic carbocycles. The first kappa shape index (κ1) is 26.0. The number of aromatic nitrogens is 3. The van der Waals surface area contributed by atoms with Crippen molar-refractivity contribution in [2.24, 2.45) is 12.0 Å². The Bertz CT molecular complexity index is 741. The summed E-state index contributed by atoms with van der Waals surface area (Å²) in [5.41, 5.74) is 0. The molecule has 0 spiro atoms. The zero-order valence-electron chi connectivity index (χ0n) is 17.2. The van der Waals surface area contributed by atoms with Crippen LogP contribution in [-0.4, -0.2) is 52.8 Å². The van der Waals surface area contributed by atoms with Crippen molar-refractivity contribution in [3.63, 3.8) is 0 Å². The Morgan fingerprint density at radius 1 is 1.21 bits per heavy atom. The van der Waals surface area contributed by atoms with E-state index in [0.29, 0.717) is 6.54 Å². The topological polar surface area (TPSA) is 76.4 Å². The molecule has 0 aliphatic rings. The molecule has 0 fully saturated rings. The van der Waals surface area contributed by atoms with E-state index >= 15 is 0 Å². The summed E-state index contributed by atoms with van der Waals surface area (Å²) >= 11 is 7.70. The minimum absolute atomic E-state index is 0. The number of hydrogen-bond donors (Lipinski definition) is 2. The Balaban J connectivity index is 0.00000420. The number of hydrogen-bond acceptors (Lipinski definition) is 5. The molecular weight excluding hydrogens is 523 g/mol. The number of aliphatic imine (C=N–C) groups is 1. The normalized spacial score (nSPS) is 11.2. The van der Waals surface area contributed by atoms with Gasteiger partial charge < -0.3 is 19.9 Å². The number of aryl methyl sites for hydroxylation is 1. The fourth-order valence-electron chi connectivity index (χ4n) is 2.31. The van der Waals surface area contributed by atoms with Crippen LogP contribution in [0.2, 0.25) is 5.02 Å². The van der Waals surface area contributed by atoms with E-state index < -0.39 is 0 Å². The van der Waals surface area contributed by atoms with E-state index in [-0.39, 0.29) is 24.0 Å². The van der Waals surface area contributed by atoms with Gasteiger partial charge in [-0.3, -0.25) is 0 Å². The van der Waals surface area contributed by atoms with Gasteiger partial charge in [0.25, 0.3) is 0 Å². The number of benzene rings is 1. The van der Waals surface area contributed by atoms with E-state index in [1.165, 1.54) is 4.90 Å². The molecule has 0 atom stereocenters. The number of nitrogens with one attached hydrogen (secondary N) is 2. The fraction of sp³-hybridized carbons (Fsp3) is 0.526. The van der Waals surface area contributed by atoms with Gasteiger partial charge in [0.1, 0.15) is 12.4 Å². The predicted molar refractivity (Wildman–Crippen MR) is 132 cm³/mol. The smallest absolute Gasteiger partial charge is 0.191 e. The zero-order chi connectivity index (χ0) is 20.2. The second-order valence-corrected chi connectivity index (χ2v) is 7.70. The van der Waals surface area contributed by atoms with Crippen LogP contribution in [0, 0.1) is 6.92 Å².